The second-order valence-corrected chi connectivity index (χ2v) is 5.98. The predicted molar refractivity (Wildman–Crippen MR) is 92.3 cm³/mol. The summed E-state index contributed by atoms with van der Waals surface area (Å²) in [5.41, 5.74) is 8.58. The second-order valence-electron chi connectivity index (χ2n) is 5.98. The number of rotatable bonds is 1. The largest absolute Gasteiger partial charge is 0.462 e. The number of amidine groups is 1. The summed E-state index contributed by atoms with van der Waals surface area (Å²) in [6.07, 6.45) is 5.25. The van der Waals surface area contributed by atoms with E-state index in [4.69, 9.17) is 15.2 Å². The fraction of sp³-hybridized carbons (Fsp3) is 0.105. The summed E-state index contributed by atoms with van der Waals surface area (Å²) < 4.78 is 11.8. The molecule has 1 aromatic carbocycles. The van der Waals surface area contributed by atoms with Crippen LogP contribution in [-0.4, -0.2) is 22.6 Å². The first kappa shape index (κ1) is 14.0. The van der Waals surface area contributed by atoms with Crippen LogP contribution in [0.2, 0.25) is 0 Å². The van der Waals surface area contributed by atoms with Crippen molar-refractivity contribution < 1.29 is 9.47 Å². The van der Waals surface area contributed by atoms with Crippen LogP contribution >= 0.6 is 0 Å². The molecule has 0 aliphatic carbocycles. The topological polar surface area (TPSA) is 82.6 Å². The van der Waals surface area contributed by atoms with E-state index < -0.39 is 5.54 Å². The number of nitrogens with zero attached hydrogens (tertiary/aromatic N) is 3. The van der Waals surface area contributed by atoms with Crippen LogP contribution in [0.3, 0.4) is 0 Å². The van der Waals surface area contributed by atoms with Gasteiger partial charge in [0.15, 0.2) is 11.3 Å². The minimum Gasteiger partial charge on any atom is -0.462 e. The van der Waals surface area contributed by atoms with Gasteiger partial charge in [0.05, 0.1) is 0 Å². The van der Waals surface area contributed by atoms with E-state index in [1.807, 2.05) is 42.5 Å². The molecule has 4 heterocycles. The minimum atomic E-state index is -0.714. The third kappa shape index (κ3) is 1.94. The lowest BCUT2D eigenvalue weighted by molar-refractivity contribution is 0.264. The number of ether oxygens (including phenoxy) is 2. The molecule has 1 unspecified atom stereocenters. The Kier molecular flexibility index (Phi) is 2.82. The molecule has 0 bridgehead atoms. The Hall–Kier alpha value is -3.41. The molecule has 2 aromatic heterocycles. The number of hydrogen-bond donors (Lipinski definition) is 1. The number of hydrogen-bond acceptors (Lipinski definition) is 6. The highest BCUT2D eigenvalue weighted by atomic mass is 16.5. The van der Waals surface area contributed by atoms with E-state index in [1.54, 1.807) is 18.6 Å². The molecule has 5 rings (SSSR count). The Labute approximate surface area is 144 Å². The van der Waals surface area contributed by atoms with Gasteiger partial charge in [0, 0.05) is 35.3 Å². The molecular weight excluding hydrogens is 316 g/mol. The first-order valence-electron chi connectivity index (χ1n) is 7.93. The van der Waals surface area contributed by atoms with Crippen molar-refractivity contribution in [2.75, 3.05) is 6.61 Å². The second kappa shape index (κ2) is 5.04. The van der Waals surface area contributed by atoms with Crippen LogP contribution in [0.4, 0.5) is 0 Å². The van der Waals surface area contributed by atoms with E-state index in [-0.39, 0.29) is 6.02 Å². The molecular formula is C19H14N4O2. The Morgan fingerprint density at radius 3 is 2.72 bits per heavy atom. The lowest BCUT2D eigenvalue weighted by Gasteiger charge is -2.33. The molecule has 2 aliphatic heterocycles. The van der Waals surface area contributed by atoms with Crippen LogP contribution in [0.5, 0.6) is 11.5 Å². The number of pyridine rings is 2. The lowest BCUT2D eigenvalue weighted by atomic mass is 9.81. The summed E-state index contributed by atoms with van der Waals surface area (Å²) >= 11 is 0. The average Bonchev–Trinajstić information content (AvgIpc) is 3.05. The van der Waals surface area contributed by atoms with Crippen LogP contribution in [0.15, 0.2) is 66.0 Å². The Balaban J connectivity index is 1.81. The summed E-state index contributed by atoms with van der Waals surface area (Å²) in [6.45, 7) is 0.336. The molecule has 0 amide bonds. The molecule has 0 radical (unpaired) electrons. The van der Waals surface area contributed by atoms with Crippen molar-refractivity contribution >= 4 is 6.02 Å². The molecule has 1 atom stereocenters. The number of benzene rings is 1. The third-order valence-corrected chi connectivity index (χ3v) is 4.56. The Morgan fingerprint density at radius 1 is 1.00 bits per heavy atom. The lowest BCUT2D eigenvalue weighted by Crippen LogP contribution is -2.31. The summed E-state index contributed by atoms with van der Waals surface area (Å²) in [5, 5.41) is 0. The molecule has 2 N–H and O–H groups in total. The van der Waals surface area contributed by atoms with E-state index in [1.165, 1.54) is 0 Å². The smallest absolute Gasteiger partial charge is 0.283 e. The highest BCUT2D eigenvalue weighted by Gasteiger charge is 2.47. The maximum atomic E-state index is 6.23. The van der Waals surface area contributed by atoms with Gasteiger partial charge < -0.3 is 15.2 Å². The molecule has 0 saturated heterocycles. The fourth-order valence-electron chi connectivity index (χ4n) is 3.45. The van der Waals surface area contributed by atoms with Gasteiger partial charge in [-0.2, -0.15) is 0 Å². The van der Waals surface area contributed by atoms with Crippen LogP contribution in [0.1, 0.15) is 11.1 Å². The normalized spacial score (nSPS) is 20.2. The third-order valence-electron chi connectivity index (χ3n) is 4.56. The van der Waals surface area contributed by atoms with Crippen molar-refractivity contribution in [2.45, 2.75) is 5.54 Å². The van der Waals surface area contributed by atoms with Crippen molar-refractivity contribution in [1.29, 1.82) is 0 Å². The van der Waals surface area contributed by atoms with Crippen molar-refractivity contribution in [3.63, 3.8) is 0 Å². The number of fused-ring (bicyclic) bond motifs is 4. The SMILES string of the molecule is NC1=NC2(CO1)c1ccccc1Oc1c2ccnc1-c1cccnc1. The van der Waals surface area contributed by atoms with Gasteiger partial charge in [-0.1, -0.05) is 18.2 Å². The van der Waals surface area contributed by atoms with E-state index in [2.05, 4.69) is 15.0 Å². The number of para-hydroxylation sites is 1. The van der Waals surface area contributed by atoms with Gasteiger partial charge in [0.2, 0.25) is 0 Å². The first-order chi connectivity index (χ1) is 12.3. The maximum absolute atomic E-state index is 6.23. The summed E-state index contributed by atoms with van der Waals surface area (Å²) in [6, 6.07) is 13.7. The van der Waals surface area contributed by atoms with E-state index >= 15 is 0 Å². The number of aliphatic imine (C=N–C) groups is 1. The van der Waals surface area contributed by atoms with Crippen LogP contribution in [0.25, 0.3) is 11.3 Å². The molecule has 1 spiro atoms. The van der Waals surface area contributed by atoms with Gasteiger partial charge >= 0.3 is 0 Å². The summed E-state index contributed by atoms with van der Waals surface area (Å²) in [4.78, 5) is 13.4. The van der Waals surface area contributed by atoms with E-state index in [9.17, 15) is 0 Å². The molecule has 6 heteroatoms. The maximum Gasteiger partial charge on any atom is 0.283 e. The van der Waals surface area contributed by atoms with Gasteiger partial charge in [-0.05, 0) is 24.3 Å². The van der Waals surface area contributed by atoms with Crippen molar-refractivity contribution in [3.05, 3.63) is 72.2 Å². The van der Waals surface area contributed by atoms with Gasteiger partial charge in [-0.15, -0.1) is 0 Å². The highest BCUT2D eigenvalue weighted by molar-refractivity contribution is 5.78. The van der Waals surface area contributed by atoms with Gasteiger partial charge in [0.1, 0.15) is 18.1 Å². The zero-order valence-electron chi connectivity index (χ0n) is 13.2. The predicted octanol–water partition coefficient (Wildman–Crippen LogP) is 2.84. The summed E-state index contributed by atoms with van der Waals surface area (Å²) in [5.74, 6) is 1.39. The molecule has 2 aliphatic rings. The Morgan fingerprint density at radius 2 is 1.92 bits per heavy atom. The van der Waals surface area contributed by atoms with Gasteiger partial charge in [-0.25, -0.2) is 4.99 Å². The molecule has 0 fully saturated rings. The highest BCUT2D eigenvalue weighted by Crippen LogP contribution is 2.52. The quantitative estimate of drug-likeness (QED) is 0.742. The van der Waals surface area contributed by atoms with Crippen molar-refractivity contribution in [2.24, 2.45) is 10.7 Å². The fourth-order valence-corrected chi connectivity index (χ4v) is 3.45. The van der Waals surface area contributed by atoms with Crippen LogP contribution in [0, 0.1) is 0 Å². The zero-order chi connectivity index (χ0) is 16.9. The van der Waals surface area contributed by atoms with Crippen LogP contribution < -0.4 is 10.5 Å². The average molecular weight is 330 g/mol. The molecule has 122 valence electrons. The van der Waals surface area contributed by atoms with Crippen molar-refractivity contribution in [1.82, 2.24) is 9.97 Å². The molecule has 3 aromatic rings. The van der Waals surface area contributed by atoms with Crippen LogP contribution in [-0.2, 0) is 10.3 Å². The number of nitrogens with two attached hydrogens (primary N) is 1. The number of aromatic nitrogens is 2. The standard InChI is InChI=1S/C19H14N4O2/c20-18-23-19(11-24-18)13-5-1-2-6-15(13)25-17-14(19)7-9-22-16(17)12-4-3-8-21-10-12/h1-10H,11H2,(H2,20,23). The molecule has 0 saturated carbocycles. The van der Waals surface area contributed by atoms with E-state index in [0.717, 1.165) is 28.1 Å². The van der Waals surface area contributed by atoms with Crippen molar-refractivity contribution in [3.8, 4) is 22.8 Å². The molecule has 6 nitrogen and oxygen atoms in total. The minimum absolute atomic E-state index is 0.183. The van der Waals surface area contributed by atoms with Gasteiger partial charge in [-0.3, -0.25) is 9.97 Å². The summed E-state index contributed by atoms with van der Waals surface area (Å²) in [7, 11) is 0. The van der Waals surface area contributed by atoms with Gasteiger partial charge in [0.25, 0.3) is 6.02 Å². The Bertz CT molecular complexity index is 1000. The molecule has 25 heavy (non-hydrogen) atoms. The monoisotopic (exact) mass is 330 g/mol. The first-order valence-corrected chi connectivity index (χ1v) is 7.93. The van der Waals surface area contributed by atoms with E-state index in [0.29, 0.717) is 12.4 Å². The zero-order valence-corrected chi connectivity index (χ0v) is 13.2.